The summed E-state index contributed by atoms with van der Waals surface area (Å²) >= 11 is 0. The number of amides is 1. The van der Waals surface area contributed by atoms with Gasteiger partial charge in [-0.1, -0.05) is 6.07 Å². The number of benzene rings is 1. The molecule has 0 aliphatic heterocycles. The number of anilines is 2. The molecule has 2 aromatic rings. The summed E-state index contributed by atoms with van der Waals surface area (Å²) in [6.45, 7) is 0. The minimum Gasteiger partial charge on any atom is -0.478 e. The number of hydrogen-bond acceptors (Lipinski definition) is 4. The smallest absolute Gasteiger partial charge is 0.335 e. The quantitative estimate of drug-likeness (QED) is 0.761. The zero-order valence-electron chi connectivity index (χ0n) is 10.1. The number of nitrogen functional groups attached to an aromatic ring is 1. The number of carboxylic acid groups (broad SMARTS) is 1. The van der Waals surface area contributed by atoms with E-state index in [2.05, 4.69) is 10.4 Å². The molecule has 1 heterocycles. The predicted molar refractivity (Wildman–Crippen MR) is 69.0 cm³/mol. The highest BCUT2D eigenvalue weighted by atomic mass is 16.4. The predicted octanol–water partition coefficient (Wildman–Crippen LogP) is 0.953. The molecule has 0 aliphatic carbocycles. The van der Waals surface area contributed by atoms with Crippen LogP contribution in [-0.2, 0) is 7.05 Å². The molecule has 0 spiro atoms. The number of nitrogens with one attached hydrogen (secondary N) is 1. The molecule has 19 heavy (non-hydrogen) atoms. The van der Waals surface area contributed by atoms with Crippen LogP contribution in [0.15, 0.2) is 30.3 Å². The summed E-state index contributed by atoms with van der Waals surface area (Å²) in [5.41, 5.74) is 6.27. The van der Waals surface area contributed by atoms with Crippen molar-refractivity contribution in [3.8, 4) is 0 Å². The number of aryl methyl sites for hydroxylation is 1. The SMILES string of the molecule is Cn1nc(N)cc1C(=O)Nc1cccc(C(=O)O)c1. The van der Waals surface area contributed by atoms with Gasteiger partial charge in [0.2, 0.25) is 0 Å². The molecule has 0 atom stereocenters. The fraction of sp³-hybridized carbons (Fsp3) is 0.0833. The topological polar surface area (TPSA) is 110 Å². The van der Waals surface area contributed by atoms with Gasteiger partial charge >= 0.3 is 5.97 Å². The van der Waals surface area contributed by atoms with Gasteiger partial charge in [0.25, 0.3) is 5.91 Å². The summed E-state index contributed by atoms with van der Waals surface area (Å²) in [5.74, 6) is -1.22. The number of carbonyl (C=O) groups excluding carboxylic acids is 1. The summed E-state index contributed by atoms with van der Waals surface area (Å²) in [6.07, 6.45) is 0. The Hall–Kier alpha value is -2.83. The van der Waals surface area contributed by atoms with Crippen LogP contribution in [-0.4, -0.2) is 26.8 Å². The maximum atomic E-state index is 12.0. The van der Waals surface area contributed by atoms with Gasteiger partial charge < -0.3 is 16.2 Å². The Labute approximate surface area is 108 Å². The van der Waals surface area contributed by atoms with Gasteiger partial charge in [0.1, 0.15) is 11.5 Å². The Kier molecular flexibility index (Phi) is 3.19. The number of aromatic nitrogens is 2. The molecule has 1 aromatic carbocycles. The van der Waals surface area contributed by atoms with Crippen molar-refractivity contribution in [3.63, 3.8) is 0 Å². The van der Waals surface area contributed by atoms with E-state index in [0.29, 0.717) is 11.4 Å². The zero-order chi connectivity index (χ0) is 14.0. The lowest BCUT2D eigenvalue weighted by Gasteiger charge is -2.05. The van der Waals surface area contributed by atoms with Gasteiger partial charge in [0.15, 0.2) is 0 Å². The van der Waals surface area contributed by atoms with Crippen LogP contribution < -0.4 is 11.1 Å². The van der Waals surface area contributed by atoms with Crippen molar-refractivity contribution in [1.82, 2.24) is 9.78 Å². The lowest BCUT2D eigenvalue weighted by Crippen LogP contribution is -2.16. The van der Waals surface area contributed by atoms with Gasteiger partial charge in [-0.15, -0.1) is 0 Å². The third-order valence-electron chi connectivity index (χ3n) is 2.50. The molecule has 0 aliphatic rings. The van der Waals surface area contributed by atoms with Gasteiger partial charge in [-0.2, -0.15) is 5.10 Å². The molecule has 1 aromatic heterocycles. The molecular formula is C12H12N4O3. The van der Waals surface area contributed by atoms with Crippen molar-refractivity contribution >= 4 is 23.4 Å². The molecule has 0 fully saturated rings. The first-order valence-corrected chi connectivity index (χ1v) is 5.41. The molecule has 1 amide bonds. The lowest BCUT2D eigenvalue weighted by molar-refractivity contribution is 0.0696. The molecule has 0 saturated carbocycles. The van der Waals surface area contributed by atoms with Gasteiger partial charge in [0.05, 0.1) is 5.56 Å². The standard InChI is InChI=1S/C12H12N4O3/c1-16-9(6-10(13)15-16)11(17)14-8-4-2-3-7(5-8)12(18)19/h2-6H,1H3,(H2,13,15)(H,14,17)(H,18,19). The third kappa shape index (κ3) is 2.71. The number of carboxylic acids is 1. The van der Waals surface area contributed by atoms with Crippen molar-refractivity contribution in [1.29, 1.82) is 0 Å². The fourth-order valence-corrected chi connectivity index (χ4v) is 1.63. The number of nitrogens with zero attached hydrogens (tertiary/aromatic N) is 2. The van der Waals surface area contributed by atoms with Crippen LogP contribution in [0.2, 0.25) is 0 Å². The van der Waals surface area contributed by atoms with E-state index in [1.54, 1.807) is 19.2 Å². The highest BCUT2D eigenvalue weighted by Crippen LogP contribution is 2.13. The molecule has 7 heteroatoms. The summed E-state index contributed by atoms with van der Waals surface area (Å²) in [5, 5.41) is 15.3. The van der Waals surface area contributed by atoms with Crippen LogP contribution in [0.4, 0.5) is 11.5 Å². The summed E-state index contributed by atoms with van der Waals surface area (Å²) in [7, 11) is 1.60. The monoisotopic (exact) mass is 260 g/mol. The van der Waals surface area contributed by atoms with E-state index in [-0.39, 0.29) is 11.4 Å². The first-order chi connectivity index (χ1) is 8.97. The highest BCUT2D eigenvalue weighted by Gasteiger charge is 2.13. The van der Waals surface area contributed by atoms with Crippen LogP contribution in [0.1, 0.15) is 20.8 Å². The number of nitrogens with two attached hydrogens (primary N) is 1. The van der Waals surface area contributed by atoms with Crippen molar-refractivity contribution < 1.29 is 14.7 Å². The number of aromatic carboxylic acids is 1. The molecule has 4 N–H and O–H groups in total. The normalized spacial score (nSPS) is 10.2. The number of hydrogen-bond donors (Lipinski definition) is 3. The third-order valence-corrected chi connectivity index (χ3v) is 2.50. The Balaban J connectivity index is 2.21. The first-order valence-electron chi connectivity index (χ1n) is 5.41. The van der Waals surface area contributed by atoms with Crippen molar-refractivity contribution in [2.75, 3.05) is 11.1 Å². The van der Waals surface area contributed by atoms with Crippen LogP contribution in [0.5, 0.6) is 0 Å². The Bertz CT molecular complexity index is 648. The average Bonchev–Trinajstić information content (AvgIpc) is 2.69. The molecule has 0 saturated heterocycles. The van der Waals surface area contributed by atoms with E-state index in [9.17, 15) is 9.59 Å². The summed E-state index contributed by atoms with van der Waals surface area (Å²) < 4.78 is 1.35. The van der Waals surface area contributed by atoms with Crippen LogP contribution in [0, 0.1) is 0 Å². The van der Waals surface area contributed by atoms with E-state index in [1.165, 1.54) is 22.9 Å². The second kappa shape index (κ2) is 4.81. The van der Waals surface area contributed by atoms with Gasteiger partial charge in [0, 0.05) is 18.8 Å². The van der Waals surface area contributed by atoms with E-state index in [1.807, 2.05) is 0 Å². The van der Waals surface area contributed by atoms with E-state index >= 15 is 0 Å². The molecule has 0 unspecified atom stereocenters. The highest BCUT2D eigenvalue weighted by molar-refractivity contribution is 6.04. The Morgan fingerprint density at radius 3 is 2.68 bits per heavy atom. The van der Waals surface area contributed by atoms with Gasteiger partial charge in [-0.3, -0.25) is 9.48 Å². The van der Waals surface area contributed by atoms with Crippen LogP contribution in [0.3, 0.4) is 0 Å². The van der Waals surface area contributed by atoms with Gasteiger partial charge in [-0.05, 0) is 18.2 Å². The maximum Gasteiger partial charge on any atom is 0.335 e. The Morgan fingerprint density at radius 1 is 1.37 bits per heavy atom. The summed E-state index contributed by atoms with van der Waals surface area (Å²) in [6, 6.07) is 7.41. The lowest BCUT2D eigenvalue weighted by atomic mass is 10.2. The first kappa shape index (κ1) is 12.6. The average molecular weight is 260 g/mol. The fourth-order valence-electron chi connectivity index (χ4n) is 1.63. The van der Waals surface area contributed by atoms with Crippen LogP contribution in [0.25, 0.3) is 0 Å². The molecule has 98 valence electrons. The van der Waals surface area contributed by atoms with E-state index in [0.717, 1.165) is 0 Å². The maximum absolute atomic E-state index is 12.0. The van der Waals surface area contributed by atoms with E-state index in [4.69, 9.17) is 10.8 Å². The van der Waals surface area contributed by atoms with Gasteiger partial charge in [-0.25, -0.2) is 4.79 Å². The van der Waals surface area contributed by atoms with E-state index < -0.39 is 11.9 Å². The molecule has 7 nitrogen and oxygen atoms in total. The zero-order valence-corrected chi connectivity index (χ0v) is 10.1. The second-order valence-electron chi connectivity index (χ2n) is 3.92. The van der Waals surface area contributed by atoms with Crippen molar-refractivity contribution in [3.05, 3.63) is 41.6 Å². The van der Waals surface area contributed by atoms with Crippen LogP contribution >= 0.6 is 0 Å². The molecule has 0 radical (unpaired) electrons. The minimum atomic E-state index is -1.05. The molecular weight excluding hydrogens is 248 g/mol. The van der Waals surface area contributed by atoms with Crippen molar-refractivity contribution in [2.24, 2.45) is 7.05 Å². The number of rotatable bonds is 3. The number of carbonyl (C=O) groups is 2. The molecule has 2 rings (SSSR count). The second-order valence-corrected chi connectivity index (χ2v) is 3.92. The minimum absolute atomic E-state index is 0.0994. The summed E-state index contributed by atoms with van der Waals surface area (Å²) in [4.78, 5) is 22.8. The largest absolute Gasteiger partial charge is 0.478 e. The van der Waals surface area contributed by atoms with Crippen molar-refractivity contribution in [2.45, 2.75) is 0 Å². The molecule has 0 bridgehead atoms. The Morgan fingerprint density at radius 2 is 2.11 bits per heavy atom.